The molecule has 0 bridgehead atoms. The zero-order valence-electron chi connectivity index (χ0n) is 44.4. The van der Waals surface area contributed by atoms with Crippen LogP contribution in [0.1, 0.15) is 0 Å². The fourth-order valence-electron chi connectivity index (χ4n) is 13.1. The van der Waals surface area contributed by atoms with Crippen LogP contribution in [-0.4, -0.2) is 28.2 Å². The molecule has 0 aliphatic rings. The highest BCUT2D eigenvalue weighted by Gasteiger charge is 2.22. The van der Waals surface area contributed by atoms with E-state index >= 15 is 0 Å². The van der Waals surface area contributed by atoms with Crippen LogP contribution in [0.5, 0.6) is 0 Å². The van der Waals surface area contributed by atoms with Gasteiger partial charge >= 0.3 is 0 Å². The van der Waals surface area contributed by atoms with Crippen LogP contribution in [-0.2, 0) is 0 Å². The highest BCUT2D eigenvalue weighted by atomic mass is 15.0. The van der Waals surface area contributed by atoms with Crippen molar-refractivity contribution in [1.29, 1.82) is 0 Å². The van der Waals surface area contributed by atoms with Gasteiger partial charge in [-0.3, -0.25) is 0 Å². The van der Waals surface area contributed by atoms with Crippen molar-refractivity contribution in [3.63, 3.8) is 0 Å². The van der Waals surface area contributed by atoms with Gasteiger partial charge in [-0.15, -0.1) is 0 Å². The molecular weight excluding hydrogens is 997 g/mol. The maximum atomic E-state index is 5.36. The normalized spacial score (nSPS) is 11.9. The van der Waals surface area contributed by atoms with Gasteiger partial charge in [0.05, 0.1) is 61.2 Å². The summed E-state index contributed by atoms with van der Waals surface area (Å²) in [5.74, 6) is 0.679. The zero-order chi connectivity index (χ0) is 53.8. The second kappa shape index (κ2) is 18.2. The topological polar surface area (TPSA) is 45.5 Å². The van der Waals surface area contributed by atoms with E-state index in [-0.39, 0.29) is 0 Å². The maximum absolute atomic E-state index is 5.36. The molecule has 382 valence electrons. The molecule has 6 nitrogen and oxygen atoms in total. The Morgan fingerprint density at radius 3 is 1.06 bits per heavy atom. The van der Waals surface area contributed by atoms with E-state index in [9.17, 15) is 0 Å². The Hall–Kier alpha value is -11.1. The summed E-state index contributed by atoms with van der Waals surface area (Å²) in [7, 11) is 0. The average Bonchev–Trinajstić information content (AvgIpc) is 3.70. The van der Waals surface area contributed by atoms with Gasteiger partial charge in [-0.05, 0) is 109 Å². The molecule has 0 amide bonds. The van der Waals surface area contributed by atoms with Crippen LogP contribution in [0.4, 0.5) is 0 Å². The molecule has 12 aromatic carbocycles. The van der Waals surface area contributed by atoms with E-state index in [0.29, 0.717) is 5.82 Å². The van der Waals surface area contributed by atoms with Crippen molar-refractivity contribution in [2.24, 2.45) is 0 Å². The van der Waals surface area contributed by atoms with E-state index in [2.05, 4.69) is 285 Å². The van der Waals surface area contributed by atoms with E-state index in [1.54, 1.807) is 0 Å². The predicted molar refractivity (Wildman–Crippen MR) is 341 cm³/mol. The van der Waals surface area contributed by atoms with Gasteiger partial charge in [0, 0.05) is 82.4 Å². The smallest absolute Gasteiger partial charge is 0.160 e. The fraction of sp³-hybridized carbons (Fsp3) is 0. The summed E-state index contributed by atoms with van der Waals surface area (Å²) < 4.78 is 9.73. The second-order valence-corrected chi connectivity index (χ2v) is 21.3. The van der Waals surface area contributed by atoms with E-state index in [1.807, 2.05) is 24.3 Å². The van der Waals surface area contributed by atoms with Crippen LogP contribution in [0, 0.1) is 0 Å². The number of para-hydroxylation sites is 6. The summed E-state index contributed by atoms with van der Waals surface area (Å²) >= 11 is 0. The molecule has 0 aliphatic heterocycles. The summed E-state index contributed by atoms with van der Waals surface area (Å²) in [6.45, 7) is 0. The van der Waals surface area contributed by atoms with Crippen LogP contribution >= 0.6 is 0 Å². The summed E-state index contributed by atoms with van der Waals surface area (Å²) in [6, 6.07) is 105. The average molecular weight is 1050 g/mol. The molecule has 5 heterocycles. The van der Waals surface area contributed by atoms with Gasteiger partial charge in [0.25, 0.3) is 0 Å². The lowest BCUT2D eigenvalue weighted by molar-refractivity contribution is 1.16. The van der Waals surface area contributed by atoms with Gasteiger partial charge in [0.1, 0.15) is 0 Å². The Balaban J connectivity index is 0.889. The van der Waals surface area contributed by atoms with Gasteiger partial charge in [-0.25, -0.2) is 9.97 Å². The van der Waals surface area contributed by atoms with Gasteiger partial charge in [0.2, 0.25) is 0 Å². The highest BCUT2D eigenvalue weighted by molar-refractivity contribution is 6.14. The van der Waals surface area contributed by atoms with Crippen molar-refractivity contribution < 1.29 is 0 Å². The molecule has 0 spiro atoms. The first kappa shape index (κ1) is 45.9. The molecule has 5 aromatic heterocycles. The van der Waals surface area contributed by atoms with Crippen LogP contribution in [0.15, 0.2) is 291 Å². The monoisotopic (exact) mass is 1040 g/mol. The maximum Gasteiger partial charge on any atom is 0.160 e. The highest BCUT2D eigenvalue weighted by Crippen LogP contribution is 2.43. The minimum Gasteiger partial charge on any atom is -0.309 e. The number of hydrogen-bond donors (Lipinski definition) is 0. The number of rotatable bonds is 8. The molecule has 6 heteroatoms. The molecule has 0 unspecified atom stereocenters. The Morgan fingerprint density at radius 1 is 0.207 bits per heavy atom. The Kier molecular flexibility index (Phi) is 10.2. The molecular formula is C76H48N6. The van der Waals surface area contributed by atoms with Crippen molar-refractivity contribution in [3.05, 3.63) is 291 Å². The number of fused-ring (bicyclic) bond motifs is 12. The molecule has 0 saturated carbocycles. The lowest BCUT2D eigenvalue weighted by Gasteiger charge is -2.18. The van der Waals surface area contributed by atoms with Crippen molar-refractivity contribution >= 4 is 87.2 Å². The third-order valence-electron chi connectivity index (χ3n) is 16.8. The van der Waals surface area contributed by atoms with Crippen LogP contribution in [0.2, 0.25) is 0 Å². The van der Waals surface area contributed by atoms with Gasteiger partial charge in [0.15, 0.2) is 5.82 Å². The van der Waals surface area contributed by atoms with E-state index < -0.39 is 0 Å². The molecule has 0 saturated heterocycles. The minimum absolute atomic E-state index is 0.679. The molecule has 0 radical (unpaired) electrons. The Bertz CT molecular complexity index is 5240. The van der Waals surface area contributed by atoms with Gasteiger partial charge in [-0.2, -0.15) is 0 Å². The molecule has 0 fully saturated rings. The summed E-state index contributed by atoms with van der Waals surface area (Å²) in [5, 5.41) is 9.75. The predicted octanol–water partition coefficient (Wildman–Crippen LogP) is 19.5. The lowest BCUT2D eigenvalue weighted by atomic mass is 9.97. The van der Waals surface area contributed by atoms with Crippen molar-refractivity contribution in [2.75, 3.05) is 0 Å². The van der Waals surface area contributed by atoms with Gasteiger partial charge < -0.3 is 18.3 Å². The van der Waals surface area contributed by atoms with Crippen molar-refractivity contribution in [1.82, 2.24) is 28.2 Å². The molecule has 0 atom stereocenters. The van der Waals surface area contributed by atoms with Crippen LogP contribution < -0.4 is 0 Å². The fourth-order valence-corrected chi connectivity index (χ4v) is 13.1. The van der Waals surface area contributed by atoms with Crippen LogP contribution in [0.25, 0.3) is 155 Å². The second-order valence-electron chi connectivity index (χ2n) is 21.3. The summed E-state index contributed by atoms with van der Waals surface area (Å²) in [6.07, 6.45) is 0. The zero-order valence-corrected chi connectivity index (χ0v) is 44.4. The van der Waals surface area contributed by atoms with Crippen LogP contribution in [0.3, 0.4) is 0 Å². The number of aromatic nitrogens is 6. The molecule has 17 rings (SSSR count). The quantitative estimate of drug-likeness (QED) is 0.152. The molecule has 0 N–H and O–H groups in total. The summed E-state index contributed by atoms with van der Waals surface area (Å²) in [5.41, 5.74) is 20.5. The first-order valence-electron chi connectivity index (χ1n) is 28.0. The standard InChI is InChI=1S/C76H48N6/c1-3-20-49(21-4-1)65-48-66(78-76(77-65)50-22-5-2-6-23-50)52-38-41-73(82-72-37-18-12-31-61(72)64-47-55(40-43-75(64)82)81-69-34-15-9-28-58(69)59-29-10-16-35-70(59)81)62(45-52)51-24-19-25-53(44-51)79-71-36-17-11-30-60(71)63-46-54(39-42-74(63)79)80-67-32-13-7-26-56(67)57-27-8-14-33-68(57)80/h1-48H. The third-order valence-corrected chi connectivity index (χ3v) is 16.8. The number of hydrogen-bond acceptors (Lipinski definition) is 2. The largest absolute Gasteiger partial charge is 0.309 e. The number of benzene rings is 12. The van der Waals surface area contributed by atoms with E-state index in [4.69, 9.17) is 9.97 Å². The minimum atomic E-state index is 0.679. The first-order chi connectivity index (χ1) is 40.7. The number of nitrogens with zero attached hydrogens (tertiary/aromatic N) is 6. The van der Waals surface area contributed by atoms with Crippen molar-refractivity contribution in [3.8, 4) is 67.8 Å². The van der Waals surface area contributed by atoms with E-state index in [0.717, 1.165) is 84.0 Å². The third kappa shape index (κ3) is 7.08. The first-order valence-corrected chi connectivity index (χ1v) is 28.0. The lowest BCUT2D eigenvalue weighted by Crippen LogP contribution is -2.01. The SMILES string of the molecule is c1ccc(-c2cc(-c3ccc(-n4c5ccccc5c5cc(-n6c7ccccc7c7ccccc76)ccc54)c(-c4cccc(-n5c6ccccc6c6cc(-n7c8ccccc8c8ccccc87)ccc65)c4)c3)nc(-c3ccccc3)n2)cc1. The van der Waals surface area contributed by atoms with Gasteiger partial charge in [-0.1, -0.05) is 188 Å². The molecule has 0 aliphatic carbocycles. The molecule has 82 heavy (non-hydrogen) atoms. The van der Waals surface area contributed by atoms with E-state index in [1.165, 1.54) is 65.2 Å². The Labute approximate surface area is 471 Å². The Morgan fingerprint density at radius 2 is 0.573 bits per heavy atom. The summed E-state index contributed by atoms with van der Waals surface area (Å²) in [4.78, 5) is 10.5. The molecule has 17 aromatic rings. The van der Waals surface area contributed by atoms with Crippen molar-refractivity contribution in [2.45, 2.75) is 0 Å².